The summed E-state index contributed by atoms with van der Waals surface area (Å²) in [6.45, 7) is 6.50. The molecule has 1 fully saturated rings. The van der Waals surface area contributed by atoms with Crippen molar-refractivity contribution < 1.29 is 28.5 Å². The van der Waals surface area contributed by atoms with Crippen molar-refractivity contribution in [2.45, 2.75) is 44.6 Å². The van der Waals surface area contributed by atoms with E-state index in [1.54, 1.807) is 27.7 Å². The number of ether oxygens (including phenoxy) is 4. The molecule has 1 amide bonds. The lowest BCUT2D eigenvalue weighted by atomic mass is 9.88. The van der Waals surface area contributed by atoms with Crippen molar-refractivity contribution in [3.8, 4) is 0 Å². The molecule has 1 unspecified atom stereocenters. The number of nitrogens with zero attached hydrogens (tertiary/aromatic N) is 2. The van der Waals surface area contributed by atoms with E-state index in [4.69, 9.17) is 14.2 Å². The van der Waals surface area contributed by atoms with Gasteiger partial charge in [0, 0.05) is 0 Å². The Morgan fingerprint density at radius 2 is 1.85 bits per heavy atom. The Balaban J connectivity index is 2.57. The SMILES string of the molecule is COC(=O)N1N=C(OC)OC12C(=O)C(C)(C)OC2(C)C. The minimum atomic E-state index is -1.74. The van der Waals surface area contributed by atoms with Gasteiger partial charge >= 0.3 is 17.9 Å². The number of hydrazone groups is 1. The second-order valence-corrected chi connectivity index (χ2v) is 5.55. The van der Waals surface area contributed by atoms with Gasteiger partial charge < -0.3 is 18.9 Å². The zero-order valence-corrected chi connectivity index (χ0v) is 12.3. The highest BCUT2D eigenvalue weighted by molar-refractivity contribution is 6.01. The first-order valence-corrected chi connectivity index (χ1v) is 6.07. The van der Waals surface area contributed by atoms with Gasteiger partial charge in [-0.3, -0.25) is 4.79 Å². The standard InChI is InChI=1S/C12H18N2O6/c1-10(2)7(15)12(11(3,4)20-10)14(9(16)18-6)13-8(17-5)19-12/h1-6H3. The Kier molecular flexibility index (Phi) is 2.97. The number of rotatable bonds is 0. The van der Waals surface area contributed by atoms with Crippen molar-refractivity contribution in [2.24, 2.45) is 5.10 Å². The molecule has 112 valence electrons. The Bertz CT molecular complexity index is 498. The van der Waals surface area contributed by atoms with Crippen LogP contribution in [0.25, 0.3) is 0 Å². The van der Waals surface area contributed by atoms with Crippen LogP contribution in [0.1, 0.15) is 27.7 Å². The van der Waals surface area contributed by atoms with Crippen molar-refractivity contribution in [3.63, 3.8) is 0 Å². The van der Waals surface area contributed by atoms with Gasteiger partial charge in [0.1, 0.15) is 11.2 Å². The number of methoxy groups -OCH3 is 2. The molecule has 1 atom stereocenters. The molecule has 0 saturated carbocycles. The predicted molar refractivity (Wildman–Crippen MR) is 66.8 cm³/mol. The number of hydrogen-bond acceptors (Lipinski definition) is 7. The highest BCUT2D eigenvalue weighted by Gasteiger charge is 2.74. The second kappa shape index (κ2) is 4.08. The summed E-state index contributed by atoms with van der Waals surface area (Å²) < 4.78 is 20.9. The maximum Gasteiger partial charge on any atom is 0.434 e. The zero-order chi connectivity index (χ0) is 15.3. The Hall–Kier alpha value is -1.83. The number of hydrogen-bond donors (Lipinski definition) is 0. The maximum absolute atomic E-state index is 12.7. The lowest BCUT2D eigenvalue weighted by molar-refractivity contribution is -0.170. The van der Waals surface area contributed by atoms with E-state index in [0.717, 1.165) is 5.01 Å². The van der Waals surface area contributed by atoms with Gasteiger partial charge in [-0.25, -0.2) is 4.79 Å². The van der Waals surface area contributed by atoms with Crippen LogP contribution >= 0.6 is 0 Å². The summed E-state index contributed by atoms with van der Waals surface area (Å²) in [6, 6.07) is 0. The third-order valence-electron chi connectivity index (χ3n) is 3.42. The summed E-state index contributed by atoms with van der Waals surface area (Å²) in [6.07, 6.45) is -1.03. The average Bonchev–Trinajstić information content (AvgIpc) is 2.81. The molecule has 8 nitrogen and oxygen atoms in total. The van der Waals surface area contributed by atoms with Gasteiger partial charge in [0.25, 0.3) is 0 Å². The fraction of sp³-hybridized carbons (Fsp3) is 0.750. The monoisotopic (exact) mass is 286 g/mol. The van der Waals surface area contributed by atoms with E-state index in [2.05, 4.69) is 9.84 Å². The molecular weight excluding hydrogens is 268 g/mol. The third kappa shape index (κ3) is 1.60. The second-order valence-electron chi connectivity index (χ2n) is 5.55. The van der Waals surface area contributed by atoms with Gasteiger partial charge in [-0.1, -0.05) is 5.10 Å². The van der Waals surface area contributed by atoms with E-state index in [-0.39, 0.29) is 6.08 Å². The van der Waals surface area contributed by atoms with E-state index < -0.39 is 28.8 Å². The summed E-state index contributed by atoms with van der Waals surface area (Å²) in [5.74, 6) is -0.434. The third-order valence-corrected chi connectivity index (χ3v) is 3.42. The summed E-state index contributed by atoms with van der Waals surface area (Å²) >= 11 is 0. The molecule has 20 heavy (non-hydrogen) atoms. The zero-order valence-electron chi connectivity index (χ0n) is 12.3. The molecule has 2 rings (SSSR count). The minimum Gasteiger partial charge on any atom is -0.453 e. The Morgan fingerprint density at radius 1 is 1.25 bits per heavy atom. The predicted octanol–water partition coefficient (Wildman–Crippen LogP) is 0.855. The van der Waals surface area contributed by atoms with Crippen LogP contribution in [0, 0.1) is 0 Å². The Morgan fingerprint density at radius 3 is 2.25 bits per heavy atom. The molecule has 2 aliphatic rings. The van der Waals surface area contributed by atoms with Gasteiger partial charge in [0.2, 0.25) is 5.78 Å². The van der Waals surface area contributed by atoms with E-state index >= 15 is 0 Å². The van der Waals surface area contributed by atoms with Crippen molar-refractivity contribution in [1.82, 2.24) is 5.01 Å². The van der Waals surface area contributed by atoms with Crippen LogP contribution in [0.2, 0.25) is 0 Å². The van der Waals surface area contributed by atoms with Crippen molar-refractivity contribution in [2.75, 3.05) is 14.2 Å². The summed E-state index contributed by atoms with van der Waals surface area (Å²) in [5, 5.41) is 4.69. The van der Waals surface area contributed by atoms with Gasteiger partial charge in [-0.2, -0.15) is 0 Å². The van der Waals surface area contributed by atoms with Crippen LogP contribution in [0.3, 0.4) is 0 Å². The molecule has 2 aliphatic heterocycles. The first-order chi connectivity index (χ1) is 9.12. The number of Topliss-reactive ketones (excluding diaryl/α,β-unsaturated/α-hetero) is 1. The first kappa shape index (κ1) is 14.6. The van der Waals surface area contributed by atoms with Crippen LogP contribution in [0.4, 0.5) is 4.79 Å². The van der Waals surface area contributed by atoms with E-state index in [1.807, 2.05) is 0 Å². The molecule has 0 bridgehead atoms. The molecule has 0 aromatic heterocycles. The van der Waals surface area contributed by atoms with Crippen LogP contribution in [0.15, 0.2) is 5.10 Å². The molecule has 0 aromatic rings. The number of carbonyl (C=O) groups is 2. The van der Waals surface area contributed by atoms with E-state index in [0.29, 0.717) is 0 Å². The smallest absolute Gasteiger partial charge is 0.434 e. The fourth-order valence-electron chi connectivity index (χ4n) is 2.64. The maximum atomic E-state index is 12.7. The van der Waals surface area contributed by atoms with Crippen molar-refractivity contribution >= 4 is 18.0 Å². The van der Waals surface area contributed by atoms with Crippen LogP contribution in [-0.4, -0.2) is 54.1 Å². The van der Waals surface area contributed by atoms with E-state index in [9.17, 15) is 9.59 Å². The number of carbonyl (C=O) groups excluding carboxylic acids is 2. The fourth-order valence-corrected chi connectivity index (χ4v) is 2.64. The average molecular weight is 286 g/mol. The van der Waals surface area contributed by atoms with E-state index in [1.165, 1.54) is 14.2 Å². The number of amides is 1. The Labute approximate surface area is 116 Å². The van der Waals surface area contributed by atoms with Crippen LogP contribution in [0.5, 0.6) is 0 Å². The highest BCUT2D eigenvalue weighted by atomic mass is 16.7. The summed E-state index contributed by atoms with van der Waals surface area (Å²) in [4.78, 5) is 24.7. The lowest BCUT2D eigenvalue weighted by Crippen LogP contribution is -2.63. The first-order valence-electron chi connectivity index (χ1n) is 6.07. The summed E-state index contributed by atoms with van der Waals surface area (Å²) in [5.41, 5.74) is -4.00. The molecule has 0 N–H and O–H groups in total. The quantitative estimate of drug-likeness (QED) is 0.656. The van der Waals surface area contributed by atoms with Gasteiger partial charge in [0.05, 0.1) is 14.2 Å². The topological polar surface area (TPSA) is 86.7 Å². The molecule has 1 saturated heterocycles. The van der Waals surface area contributed by atoms with Gasteiger partial charge in [0.15, 0.2) is 0 Å². The molecule has 1 spiro atoms. The molecular formula is C12H18N2O6. The molecule has 2 heterocycles. The lowest BCUT2D eigenvalue weighted by Gasteiger charge is -2.36. The van der Waals surface area contributed by atoms with Crippen LogP contribution in [-0.2, 0) is 23.7 Å². The largest absolute Gasteiger partial charge is 0.453 e. The molecule has 0 radical (unpaired) electrons. The number of ketones is 1. The van der Waals surface area contributed by atoms with Crippen molar-refractivity contribution in [1.29, 1.82) is 0 Å². The minimum absolute atomic E-state index is 0.196. The normalized spacial score (nSPS) is 30.2. The highest BCUT2D eigenvalue weighted by Crippen LogP contribution is 2.49. The van der Waals surface area contributed by atoms with Gasteiger partial charge in [-0.05, 0) is 27.7 Å². The van der Waals surface area contributed by atoms with Crippen LogP contribution < -0.4 is 0 Å². The molecule has 0 aliphatic carbocycles. The van der Waals surface area contributed by atoms with Gasteiger partial charge in [-0.15, -0.1) is 5.01 Å². The molecule has 0 aromatic carbocycles. The molecule has 8 heteroatoms. The van der Waals surface area contributed by atoms with Crippen molar-refractivity contribution in [3.05, 3.63) is 0 Å². The summed E-state index contributed by atoms with van der Waals surface area (Å²) in [7, 11) is 2.51.